The highest BCUT2D eigenvalue weighted by Gasteiger charge is 2.28. The van der Waals surface area contributed by atoms with Crippen molar-refractivity contribution in [2.75, 3.05) is 31.6 Å². The van der Waals surface area contributed by atoms with Crippen LogP contribution in [0.3, 0.4) is 0 Å². The molecule has 1 saturated heterocycles. The van der Waals surface area contributed by atoms with Crippen LogP contribution < -0.4 is 5.32 Å². The molecule has 0 unspecified atom stereocenters. The van der Waals surface area contributed by atoms with E-state index in [9.17, 15) is 22.0 Å². The zero-order valence-corrected chi connectivity index (χ0v) is 18.7. The molecule has 3 aromatic carbocycles. The first-order chi connectivity index (χ1) is 15.8. The molecule has 172 valence electrons. The van der Waals surface area contributed by atoms with Crippen LogP contribution in [0.5, 0.6) is 0 Å². The monoisotopic (exact) mass is 472 g/mol. The number of morpholine rings is 1. The lowest BCUT2D eigenvalue weighted by molar-refractivity contribution is 0.0730. The summed E-state index contributed by atoms with van der Waals surface area (Å²) >= 11 is 0. The number of halogens is 2. The highest BCUT2D eigenvalue weighted by molar-refractivity contribution is 7.89. The van der Waals surface area contributed by atoms with Gasteiger partial charge in [-0.1, -0.05) is 18.2 Å². The molecule has 9 heteroatoms. The molecule has 1 aliphatic heterocycles. The van der Waals surface area contributed by atoms with Gasteiger partial charge in [0.1, 0.15) is 11.6 Å². The molecule has 0 spiro atoms. The van der Waals surface area contributed by atoms with Crippen molar-refractivity contribution >= 4 is 21.6 Å². The summed E-state index contributed by atoms with van der Waals surface area (Å²) in [4.78, 5) is 13.1. The molecular weight excluding hydrogens is 450 g/mol. The molecule has 1 heterocycles. The van der Waals surface area contributed by atoms with E-state index in [0.717, 1.165) is 0 Å². The average molecular weight is 473 g/mol. The van der Waals surface area contributed by atoms with E-state index in [1.54, 1.807) is 13.0 Å². The second kappa shape index (κ2) is 9.38. The summed E-state index contributed by atoms with van der Waals surface area (Å²) in [6, 6.07) is 13.8. The number of sulfonamides is 1. The van der Waals surface area contributed by atoms with Crippen molar-refractivity contribution in [1.29, 1.82) is 0 Å². The van der Waals surface area contributed by atoms with E-state index in [0.29, 0.717) is 35.6 Å². The third kappa shape index (κ3) is 4.95. The molecule has 1 fully saturated rings. The molecule has 0 atom stereocenters. The number of carbonyl (C=O) groups is 1. The largest absolute Gasteiger partial charge is 0.379 e. The smallest absolute Gasteiger partial charge is 0.255 e. The van der Waals surface area contributed by atoms with Crippen molar-refractivity contribution in [2.24, 2.45) is 0 Å². The van der Waals surface area contributed by atoms with E-state index in [1.807, 2.05) is 0 Å². The number of anilines is 1. The van der Waals surface area contributed by atoms with Gasteiger partial charge in [-0.3, -0.25) is 4.79 Å². The number of rotatable bonds is 5. The van der Waals surface area contributed by atoms with Gasteiger partial charge in [-0.25, -0.2) is 17.2 Å². The Morgan fingerprint density at radius 1 is 0.939 bits per heavy atom. The topological polar surface area (TPSA) is 75.7 Å². The lowest BCUT2D eigenvalue weighted by Gasteiger charge is -2.26. The number of ether oxygens (including phenoxy) is 1. The third-order valence-corrected chi connectivity index (χ3v) is 7.46. The summed E-state index contributed by atoms with van der Waals surface area (Å²) in [6.45, 7) is 2.79. The van der Waals surface area contributed by atoms with Gasteiger partial charge in [0.25, 0.3) is 5.91 Å². The van der Waals surface area contributed by atoms with Crippen LogP contribution in [0, 0.1) is 18.6 Å². The maximum atomic E-state index is 13.9. The minimum absolute atomic E-state index is 0.0508. The van der Waals surface area contributed by atoms with Crippen LogP contribution in [-0.2, 0) is 14.8 Å². The number of hydrogen-bond donors (Lipinski definition) is 1. The fourth-order valence-electron chi connectivity index (χ4n) is 3.63. The molecule has 0 bridgehead atoms. The lowest BCUT2D eigenvalue weighted by Crippen LogP contribution is -2.40. The third-order valence-electron chi connectivity index (χ3n) is 5.42. The van der Waals surface area contributed by atoms with Gasteiger partial charge in [-0.2, -0.15) is 4.31 Å². The van der Waals surface area contributed by atoms with Gasteiger partial charge in [0.15, 0.2) is 0 Å². The Bertz CT molecular complexity index is 1290. The van der Waals surface area contributed by atoms with Crippen LogP contribution >= 0.6 is 0 Å². The molecule has 3 aromatic rings. The molecule has 1 amide bonds. The number of amides is 1. The zero-order valence-electron chi connectivity index (χ0n) is 17.8. The molecule has 4 rings (SSSR count). The number of aryl methyl sites for hydroxylation is 1. The molecule has 33 heavy (non-hydrogen) atoms. The summed E-state index contributed by atoms with van der Waals surface area (Å²) in [5, 5.41) is 2.72. The van der Waals surface area contributed by atoms with Crippen LogP contribution in [0.4, 0.5) is 14.5 Å². The molecule has 0 radical (unpaired) electrons. The molecule has 0 aliphatic carbocycles. The predicted octanol–water partition coefficient (Wildman–Crippen LogP) is 4.21. The summed E-state index contributed by atoms with van der Waals surface area (Å²) < 4.78 is 60.0. The van der Waals surface area contributed by atoms with E-state index < -0.39 is 27.6 Å². The van der Waals surface area contributed by atoms with Crippen LogP contribution in [-0.4, -0.2) is 44.9 Å². The fraction of sp³-hybridized carbons (Fsp3) is 0.208. The van der Waals surface area contributed by atoms with Crippen molar-refractivity contribution in [2.45, 2.75) is 11.8 Å². The van der Waals surface area contributed by atoms with Gasteiger partial charge in [0.05, 0.1) is 18.1 Å². The van der Waals surface area contributed by atoms with Crippen LogP contribution in [0.2, 0.25) is 0 Å². The molecule has 1 N–H and O–H groups in total. The SMILES string of the molecule is Cc1ccc(C(=O)Nc2ccc(F)cc2-c2ccc(F)cc2)cc1S(=O)(=O)N1CCOCC1. The normalized spacial score (nSPS) is 14.8. The van der Waals surface area contributed by atoms with E-state index in [-0.39, 0.29) is 23.5 Å². The maximum Gasteiger partial charge on any atom is 0.255 e. The van der Waals surface area contributed by atoms with Crippen LogP contribution in [0.25, 0.3) is 11.1 Å². The van der Waals surface area contributed by atoms with Crippen molar-refractivity contribution in [3.8, 4) is 11.1 Å². The number of hydrogen-bond acceptors (Lipinski definition) is 4. The number of nitrogens with one attached hydrogen (secondary N) is 1. The number of carbonyl (C=O) groups excluding carboxylic acids is 1. The van der Waals surface area contributed by atoms with Crippen molar-refractivity contribution < 1.29 is 26.7 Å². The van der Waals surface area contributed by atoms with Crippen molar-refractivity contribution in [3.63, 3.8) is 0 Å². The summed E-state index contributed by atoms with van der Waals surface area (Å²) in [5.41, 5.74) is 1.86. The quantitative estimate of drug-likeness (QED) is 0.604. The maximum absolute atomic E-state index is 13.9. The molecule has 0 saturated carbocycles. The first kappa shape index (κ1) is 23.0. The molecular formula is C24H22F2N2O4S. The minimum Gasteiger partial charge on any atom is -0.379 e. The van der Waals surface area contributed by atoms with Gasteiger partial charge < -0.3 is 10.1 Å². The molecule has 1 aliphatic rings. The van der Waals surface area contributed by atoms with Gasteiger partial charge >= 0.3 is 0 Å². The second-order valence-corrected chi connectivity index (χ2v) is 9.55. The van der Waals surface area contributed by atoms with Crippen LogP contribution in [0.1, 0.15) is 15.9 Å². The summed E-state index contributed by atoms with van der Waals surface area (Å²) in [7, 11) is -3.79. The minimum atomic E-state index is -3.79. The second-order valence-electron chi connectivity index (χ2n) is 7.65. The Morgan fingerprint density at radius 3 is 2.30 bits per heavy atom. The van der Waals surface area contributed by atoms with Crippen molar-refractivity contribution in [3.05, 3.63) is 83.4 Å². The number of benzene rings is 3. The standard InChI is InChI=1S/C24H22F2N2O4S/c1-16-2-3-18(14-23(16)33(30,31)28-10-12-32-13-11-28)24(29)27-22-9-8-20(26)15-21(22)17-4-6-19(25)7-5-17/h2-9,14-15H,10-13H2,1H3,(H,27,29). The highest BCUT2D eigenvalue weighted by atomic mass is 32.2. The summed E-state index contributed by atoms with van der Waals surface area (Å²) in [5.74, 6) is -1.50. The number of nitrogens with zero attached hydrogens (tertiary/aromatic N) is 1. The average Bonchev–Trinajstić information content (AvgIpc) is 2.81. The predicted molar refractivity (Wildman–Crippen MR) is 121 cm³/mol. The zero-order chi connectivity index (χ0) is 23.6. The Kier molecular flexibility index (Phi) is 6.55. The Balaban J connectivity index is 1.65. The van der Waals surface area contributed by atoms with Crippen molar-refractivity contribution in [1.82, 2.24) is 4.31 Å². The molecule has 0 aromatic heterocycles. The Morgan fingerprint density at radius 2 is 1.61 bits per heavy atom. The summed E-state index contributed by atoms with van der Waals surface area (Å²) in [6.07, 6.45) is 0. The highest BCUT2D eigenvalue weighted by Crippen LogP contribution is 2.30. The van der Waals surface area contributed by atoms with E-state index in [2.05, 4.69) is 5.32 Å². The first-order valence-electron chi connectivity index (χ1n) is 10.3. The van der Waals surface area contributed by atoms with Gasteiger partial charge in [-0.05, 0) is 60.5 Å². The van der Waals surface area contributed by atoms with Gasteiger partial charge in [0, 0.05) is 29.9 Å². The van der Waals surface area contributed by atoms with Gasteiger partial charge in [-0.15, -0.1) is 0 Å². The molecule has 6 nitrogen and oxygen atoms in total. The van der Waals surface area contributed by atoms with E-state index >= 15 is 0 Å². The van der Waals surface area contributed by atoms with Gasteiger partial charge in [0.2, 0.25) is 10.0 Å². The van der Waals surface area contributed by atoms with E-state index in [1.165, 1.54) is 58.9 Å². The Labute approximate surface area is 190 Å². The van der Waals surface area contributed by atoms with Crippen LogP contribution in [0.15, 0.2) is 65.6 Å². The van der Waals surface area contributed by atoms with E-state index in [4.69, 9.17) is 4.74 Å². The first-order valence-corrected chi connectivity index (χ1v) is 11.7. The fourth-order valence-corrected chi connectivity index (χ4v) is 5.29. The Hall–Kier alpha value is -3.14. The lowest BCUT2D eigenvalue weighted by atomic mass is 10.0.